The Labute approximate surface area is 148 Å². The van der Waals surface area contributed by atoms with E-state index in [2.05, 4.69) is 0 Å². The van der Waals surface area contributed by atoms with Crippen LogP contribution < -0.4 is 0 Å². The van der Waals surface area contributed by atoms with E-state index in [-0.39, 0.29) is 30.4 Å². The lowest BCUT2D eigenvalue weighted by Gasteiger charge is -2.54. The quantitative estimate of drug-likeness (QED) is 0.670. The van der Waals surface area contributed by atoms with Crippen LogP contribution in [0.4, 0.5) is 13.6 Å². The zero-order valence-corrected chi connectivity index (χ0v) is 15.4. The van der Waals surface area contributed by atoms with Crippen LogP contribution >= 0.6 is 0 Å². The van der Waals surface area contributed by atoms with Crippen LogP contribution in [-0.4, -0.2) is 29.1 Å². The van der Waals surface area contributed by atoms with Gasteiger partial charge in [-0.05, 0) is 51.5 Å². The molecule has 2 fully saturated rings. The highest BCUT2D eigenvalue weighted by molar-refractivity contribution is 5.69. The van der Waals surface area contributed by atoms with Crippen molar-refractivity contribution >= 4 is 6.09 Å². The number of nitrogens with zero attached hydrogens (tertiary/aromatic N) is 1. The van der Waals surface area contributed by atoms with Gasteiger partial charge in [0.05, 0.1) is 6.04 Å². The van der Waals surface area contributed by atoms with Gasteiger partial charge in [-0.1, -0.05) is 29.8 Å². The standard InChI is InChI=1S/C20H27F2NO2/c1-14-5-7-15(8-6-14)16-11-19(12-20(21,22)13-19)9-10-23(16)17(24)25-18(2,3)4/h5-8,16H,9-13H2,1-4H3/t16-/m0/s1. The molecule has 2 aliphatic rings. The van der Waals surface area contributed by atoms with Gasteiger partial charge in [-0.25, -0.2) is 13.6 Å². The van der Waals surface area contributed by atoms with Gasteiger partial charge < -0.3 is 9.64 Å². The van der Waals surface area contributed by atoms with E-state index in [0.29, 0.717) is 19.4 Å². The minimum atomic E-state index is -2.55. The van der Waals surface area contributed by atoms with Gasteiger partial charge in [-0.15, -0.1) is 0 Å². The first-order valence-electron chi connectivity index (χ1n) is 8.93. The summed E-state index contributed by atoms with van der Waals surface area (Å²) in [5.41, 5.74) is 1.20. The lowest BCUT2D eigenvalue weighted by molar-refractivity contribution is -0.183. The zero-order chi connectivity index (χ0) is 18.5. The summed E-state index contributed by atoms with van der Waals surface area (Å²) in [7, 11) is 0. The Kier molecular flexibility index (Phi) is 4.33. The van der Waals surface area contributed by atoms with Gasteiger partial charge in [0.25, 0.3) is 0 Å². The summed E-state index contributed by atoms with van der Waals surface area (Å²) in [4.78, 5) is 14.4. The number of hydrogen-bond donors (Lipinski definition) is 0. The predicted molar refractivity (Wildman–Crippen MR) is 92.7 cm³/mol. The van der Waals surface area contributed by atoms with Crippen molar-refractivity contribution in [1.29, 1.82) is 0 Å². The van der Waals surface area contributed by atoms with Crippen molar-refractivity contribution in [2.45, 2.75) is 70.9 Å². The number of alkyl halides is 2. The second-order valence-electron chi connectivity index (χ2n) is 8.76. The maximum absolute atomic E-state index is 13.5. The van der Waals surface area contributed by atoms with E-state index in [0.717, 1.165) is 11.1 Å². The molecule has 3 rings (SSSR count). The highest BCUT2D eigenvalue weighted by Gasteiger charge is 2.59. The van der Waals surface area contributed by atoms with Crippen LogP contribution in [0.2, 0.25) is 0 Å². The predicted octanol–water partition coefficient (Wildman–Crippen LogP) is 5.48. The van der Waals surface area contributed by atoms with Gasteiger partial charge in [0.2, 0.25) is 5.92 Å². The number of carbonyl (C=O) groups excluding carboxylic acids is 1. The molecule has 1 spiro atoms. The molecule has 138 valence electrons. The molecule has 0 unspecified atom stereocenters. The zero-order valence-electron chi connectivity index (χ0n) is 15.4. The summed E-state index contributed by atoms with van der Waals surface area (Å²) < 4.78 is 32.6. The van der Waals surface area contributed by atoms with E-state index < -0.39 is 11.5 Å². The Hall–Kier alpha value is -1.65. The Morgan fingerprint density at radius 1 is 1.20 bits per heavy atom. The molecule has 0 aromatic heterocycles. The van der Waals surface area contributed by atoms with Crippen molar-refractivity contribution < 1.29 is 18.3 Å². The topological polar surface area (TPSA) is 29.5 Å². The fraction of sp³-hybridized carbons (Fsp3) is 0.650. The summed E-state index contributed by atoms with van der Waals surface area (Å²) in [6, 6.07) is 7.78. The molecule has 1 aliphatic carbocycles. The Bertz CT molecular complexity index is 641. The Morgan fingerprint density at radius 2 is 1.80 bits per heavy atom. The minimum Gasteiger partial charge on any atom is -0.444 e. The Balaban J connectivity index is 1.84. The van der Waals surface area contributed by atoms with Crippen molar-refractivity contribution in [3.63, 3.8) is 0 Å². The minimum absolute atomic E-state index is 0.0650. The van der Waals surface area contributed by atoms with Crippen molar-refractivity contribution in [1.82, 2.24) is 4.90 Å². The number of amides is 1. The van der Waals surface area contributed by atoms with E-state index in [9.17, 15) is 13.6 Å². The van der Waals surface area contributed by atoms with Gasteiger partial charge in [-0.3, -0.25) is 0 Å². The number of rotatable bonds is 1. The highest BCUT2D eigenvalue weighted by atomic mass is 19.3. The number of benzene rings is 1. The van der Waals surface area contributed by atoms with E-state index in [1.807, 2.05) is 52.0 Å². The van der Waals surface area contributed by atoms with Crippen LogP contribution in [0.1, 0.15) is 63.6 Å². The van der Waals surface area contributed by atoms with E-state index in [1.165, 1.54) is 0 Å². The molecule has 0 radical (unpaired) electrons. The third-order valence-electron chi connectivity index (χ3n) is 5.24. The largest absolute Gasteiger partial charge is 0.444 e. The second-order valence-corrected chi connectivity index (χ2v) is 8.76. The maximum atomic E-state index is 13.5. The van der Waals surface area contributed by atoms with Gasteiger partial charge >= 0.3 is 6.09 Å². The average Bonchev–Trinajstić information content (AvgIpc) is 2.44. The molecule has 1 aromatic rings. The highest BCUT2D eigenvalue weighted by Crippen LogP contribution is 2.60. The smallest absolute Gasteiger partial charge is 0.410 e. The van der Waals surface area contributed by atoms with E-state index in [1.54, 1.807) is 4.90 Å². The first-order chi connectivity index (χ1) is 11.5. The molecule has 1 aliphatic heterocycles. The number of halogens is 2. The third-order valence-corrected chi connectivity index (χ3v) is 5.24. The van der Waals surface area contributed by atoms with Gasteiger partial charge in [0.1, 0.15) is 5.60 Å². The van der Waals surface area contributed by atoms with Crippen molar-refractivity contribution in [2.24, 2.45) is 5.41 Å². The summed E-state index contributed by atoms with van der Waals surface area (Å²) in [5, 5.41) is 0. The number of ether oxygens (including phenoxy) is 1. The van der Waals surface area contributed by atoms with E-state index >= 15 is 0 Å². The molecule has 1 amide bonds. The molecule has 1 atom stereocenters. The van der Waals surface area contributed by atoms with Crippen LogP contribution in [0.15, 0.2) is 24.3 Å². The summed E-state index contributed by atoms with van der Waals surface area (Å²) in [6.45, 7) is 7.98. The first kappa shape index (κ1) is 18.2. The van der Waals surface area contributed by atoms with Crippen molar-refractivity contribution in [3.05, 3.63) is 35.4 Å². The molecule has 0 N–H and O–H groups in total. The number of hydrogen-bond acceptors (Lipinski definition) is 2. The number of aryl methyl sites for hydroxylation is 1. The van der Waals surface area contributed by atoms with Crippen molar-refractivity contribution in [2.75, 3.05) is 6.54 Å². The van der Waals surface area contributed by atoms with Crippen LogP contribution in [0.5, 0.6) is 0 Å². The maximum Gasteiger partial charge on any atom is 0.410 e. The van der Waals surface area contributed by atoms with Crippen LogP contribution in [0.25, 0.3) is 0 Å². The molecular weight excluding hydrogens is 324 g/mol. The molecule has 1 saturated heterocycles. The molecule has 1 aromatic carbocycles. The van der Waals surface area contributed by atoms with Gasteiger partial charge in [0.15, 0.2) is 0 Å². The molecule has 25 heavy (non-hydrogen) atoms. The summed E-state index contributed by atoms with van der Waals surface area (Å²) >= 11 is 0. The SMILES string of the molecule is Cc1ccc([C@@H]2CC3(CCN2C(=O)OC(C)(C)C)CC(F)(F)C3)cc1. The fourth-order valence-corrected chi connectivity index (χ4v) is 4.13. The van der Waals surface area contributed by atoms with E-state index in [4.69, 9.17) is 4.74 Å². The molecule has 3 nitrogen and oxygen atoms in total. The van der Waals surface area contributed by atoms with Crippen molar-refractivity contribution in [3.8, 4) is 0 Å². The summed E-state index contributed by atoms with van der Waals surface area (Å²) in [5.74, 6) is -2.55. The number of piperidine rings is 1. The monoisotopic (exact) mass is 351 g/mol. The number of carbonyl (C=O) groups is 1. The molecule has 1 saturated carbocycles. The third kappa shape index (κ3) is 3.96. The molecule has 0 bridgehead atoms. The average molecular weight is 351 g/mol. The fourth-order valence-electron chi connectivity index (χ4n) is 4.13. The normalized spacial score (nSPS) is 24.7. The van der Waals surface area contributed by atoms with Crippen LogP contribution in [0, 0.1) is 12.3 Å². The van der Waals surface area contributed by atoms with Gasteiger partial charge in [0, 0.05) is 19.4 Å². The lowest BCUT2D eigenvalue weighted by atomic mass is 9.59. The second kappa shape index (κ2) is 5.96. The summed E-state index contributed by atoms with van der Waals surface area (Å²) in [6.07, 6.45) is 0.698. The first-order valence-corrected chi connectivity index (χ1v) is 8.93. The molecule has 1 heterocycles. The lowest BCUT2D eigenvalue weighted by Crippen LogP contribution is -2.54. The Morgan fingerprint density at radius 3 is 2.32 bits per heavy atom. The van der Waals surface area contributed by atoms with Crippen LogP contribution in [0.3, 0.4) is 0 Å². The molecular formula is C20H27F2NO2. The van der Waals surface area contributed by atoms with Crippen LogP contribution in [-0.2, 0) is 4.74 Å². The number of likely N-dealkylation sites (tertiary alicyclic amines) is 1. The van der Waals surface area contributed by atoms with Gasteiger partial charge in [-0.2, -0.15) is 0 Å². The molecule has 5 heteroatoms.